The topological polar surface area (TPSA) is 154 Å². The van der Waals surface area contributed by atoms with E-state index in [2.05, 4.69) is 10.6 Å². The van der Waals surface area contributed by atoms with E-state index in [-0.39, 0.29) is 33.3 Å². The second-order valence-electron chi connectivity index (χ2n) is 5.99. The zero-order chi connectivity index (χ0) is 23.1. The summed E-state index contributed by atoms with van der Waals surface area (Å²) in [5.74, 6) is -2.85. The van der Waals surface area contributed by atoms with Crippen LogP contribution in [0.15, 0.2) is 24.3 Å². The van der Waals surface area contributed by atoms with Crippen LogP contribution in [0.2, 0.25) is 0 Å². The van der Waals surface area contributed by atoms with Gasteiger partial charge in [-0.25, -0.2) is 9.59 Å². The molecule has 11 nitrogen and oxygen atoms in total. The second kappa shape index (κ2) is 10.3. The van der Waals surface area contributed by atoms with Crippen molar-refractivity contribution in [3.05, 3.63) is 55.9 Å². The average Bonchev–Trinajstić information content (AvgIpc) is 3.07. The van der Waals surface area contributed by atoms with Crippen molar-refractivity contribution in [3.63, 3.8) is 0 Å². The van der Waals surface area contributed by atoms with E-state index in [9.17, 15) is 29.3 Å². The Kier molecular flexibility index (Phi) is 7.80. The quantitative estimate of drug-likeness (QED) is 0.353. The number of thiophene rings is 1. The Hall–Kier alpha value is -3.80. The lowest BCUT2D eigenvalue weighted by molar-refractivity contribution is -0.384. The Balaban J connectivity index is 2.15. The zero-order valence-corrected chi connectivity index (χ0v) is 17.7. The smallest absolute Gasteiger partial charge is 0.341 e. The highest BCUT2D eigenvalue weighted by Crippen LogP contribution is 2.33. The molecule has 0 aliphatic heterocycles. The number of hydrogen-bond donors (Lipinski definition) is 2. The van der Waals surface area contributed by atoms with E-state index >= 15 is 0 Å². The number of carbonyl (C=O) groups excluding carboxylic acids is 4. The minimum Gasteiger partial charge on any atom is -0.462 e. The van der Waals surface area contributed by atoms with Crippen LogP contribution in [-0.2, 0) is 14.3 Å². The molecule has 0 aliphatic rings. The van der Waals surface area contributed by atoms with E-state index in [1.807, 2.05) is 0 Å². The third-order valence-corrected chi connectivity index (χ3v) is 5.15. The summed E-state index contributed by atoms with van der Waals surface area (Å²) in [5, 5.41) is 15.8. The number of carbonyl (C=O) groups is 4. The molecule has 12 heteroatoms. The predicted octanol–water partition coefficient (Wildman–Crippen LogP) is 2.30. The van der Waals surface area contributed by atoms with Gasteiger partial charge in [-0.2, -0.15) is 0 Å². The van der Waals surface area contributed by atoms with Crippen molar-refractivity contribution in [2.24, 2.45) is 0 Å². The predicted molar refractivity (Wildman–Crippen MR) is 110 cm³/mol. The molecule has 164 valence electrons. The van der Waals surface area contributed by atoms with Crippen LogP contribution in [0.5, 0.6) is 0 Å². The maximum absolute atomic E-state index is 12.3. The number of nitrogens with one attached hydrogen (secondary N) is 2. The molecule has 1 heterocycles. The van der Waals surface area contributed by atoms with E-state index in [4.69, 9.17) is 9.47 Å². The maximum Gasteiger partial charge on any atom is 0.341 e. The molecule has 2 aromatic rings. The molecule has 0 spiro atoms. The van der Waals surface area contributed by atoms with E-state index in [0.717, 1.165) is 17.4 Å². The molecular formula is C19H19N3O8S. The first-order valence-corrected chi connectivity index (χ1v) is 9.75. The number of hydrogen-bond acceptors (Lipinski definition) is 9. The van der Waals surface area contributed by atoms with Crippen molar-refractivity contribution in [2.75, 3.05) is 25.6 Å². The molecule has 0 unspecified atom stereocenters. The molecular weight excluding hydrogens is 430 g/mol. The van der Waals surface area contributed by atoms with Crippen LogP contribution in [0.3, 0.4) is 0 Å². The highest BCUT2D eigenvalue weighted by atomic mass is 32.1. The van der Waals surface area contributed by atoms with Gasteiger partial charge >= 0.3 is 11.9 Å². The van der Waals surface area contributed by atoms with Gasteiger partial charge in [0.1, 0.15) is 5.00 Å². The van der Waals surface area contributed by atoms with Gasteiger partial charge in [0, 0.05) is 19.2 Å². The largest absolute Gasteiger partial charge is 0.462 e. The summed E-state index contributed by atoms with van der Waals surface area (Å²) in [4.78, 5) is 59.0. The Morgan fingerprint density at radius 3 is 2.48 bits per heavy atom. The van der Waals surface area contributed by atoms with E-state index in [1.54, 1.807) is 13.8 Å². The van der Waals surface area contributed by atoms with Crippen molar-refractivity contribution in [1.82, 2.24) is 5.32 Å². The van der Waals surface area contributed by atoms with Crippen molar-refractivity contribution in [2.45, 2.75) is 13.8 Å². The van der Waals surface area contributed by atoms with Gasteiger partial charge in [0.15, 0.2) is 6.61 Å². The summed E-state index contributed by atoms with van der Waals surface area (Å²) < 4.78 is 9.87. The summed E-state index contributed by atoms with van der Waals surface area (Å²) in [6.07, 6.45) is 0. The van der Waals surface area contributed by atoms with Crippen LogP contribution in [0.4, 0.5) is 10.7 Å². The number of nitro groups is 1. The number of rotatable bonds is 8. The van der Waals surface area contributed by atoms with E-state index in [0.29, 0.717) is 5.56 Å². The number of nitrogens with zero attached hydrogens (tertiary/aromatic N) is 1. The van der Waals surface area contributed by atoms with Gasteiger partial charge in [-0.15, -0.1) is 11.3 Å². The lowest BCUT2D eigenvalue weighted by Crippen LogP contribution is -2.21. The Bertz CT molecular complexity index is 1050. The summed E-state index contributed by atoms with van der Waals surface area (Å²) in [6.45, 7) is 2.55. The van der Waals surface area contributed by atoms with Crippen LogP contribution in [0.25, 0.3) is 0 Å². The number of anilines is 1. The number of esters is 2. The lowest BCUT2D eigenvalue weighted by atomic mass is 10.1. The van der Waals surface area contributed by atoms with Gasteiger partial charge < -0.3 is 20.1 Å². The average molecular weight is 449 g/mol. The number of nitro benzene ring substituents is 1. The molecule has 2 amide bonds. The molecule has 0 aliphatic carbocycles. The Morgan fingerprint density at radius 1 is 1.16 bits per heavy atom. The summed E-state index contributed by atoms with van der Waals surface area (Å²) >= 11 is 0.877. The molecule has 2 N–H and O–H groups in total. The Morgan fingerprint density at radius 2 is 1.87 bits per heavy atom. The second-order valence-corrected chi connectivity index (χ2v) is 7.01. The van der Waals surface area contributed by atoms with Crippen LogP contribution in [0, 0.1) is 17.0 Å². The van der Waals surface area contributed by atoms with Crippen molar-refractivity contribution < 1.29 is 33.6 Å². The third kappa shape index (κ3) is 5.63. The van der Waals surface area contributed by atoms with Crippen LogP contribution < -0.4 is 10.6 Å². The molecule has 0 fully saturated rings. The van der Waals surface area contributed by atoms with Crippen molar-refractivity contribution >= 4 is 45.8 Å². The first-order valence-electron chi connectivity index (χ1n) is 8.93. The minimum absolute atomic E-state index is 0.0313. The van der Waals surface area contributed by atoms with E-state index in [1.165, 1.54) is 25.2 Å². The van der Waals surface area contributed by atoms with Gasteiger partial charge in [-0.1, -0.05) is 6.07 Å². The molecule has 1 aromatic carbocycles. The molecule has 0 saturated carbocycles. The zero-order valence-electron chi connectivity index (χ0n) is 16.8. The molecule has 0 bridgehead atoms. The van der Waals surface area contributed by atoms with Gasteiger partial charge in [0.25, 0.3) is 17.5 Å². The highest BCUT2D eigenvalue weighted by Gasteiger charge is 2.26. The van der Waals surface area contributed by atoms with Gasteiger partial charge in [0.05, 0.1) is 27.5 Å². The normalized spacial score (nSPS) is 10.2. The summed E-state index contributed by atoms with van der Waals surface area (Å²) in [7, 11) is 1.43. The fourth-order valence-electron chi connectivity index (χ4n) is 2.50. The maximum atomic E-state index is 12.3. The van der Waals surface area contributed by atoms with Crippen molar-refractivity contribution in [3.8, 4) is 0 Å². The van der Waals surface area contributed by atoms with Gasteiger partial charge in [-0.05, 0) is 25.5 Å². The first kappa shape index (κ1) is 23.5. The van der Waals surface area contributed by atoms with Crippen LogP contribution in [-0.4, -0.2) is 48.9 Å². The summed E-state index contributed by atoms with van der Waals surface area (Å²) in [5.41, 5.74) is -0.0210. The molecule has 1 aromatic heterocycles. The van der Waals surface area contributed by atoms with Crippen molar-refractivity contribution in [1.29, 1.82) is 0 Å². The monoisotopic (exact) mass is 449 g/mol. The molecule has 0 radical (unpaired) electrons. The fourth-order valence-corrected chi connectivity index (χ4v) is 3.66. The fraction of sp³-hybridized carbons (Fsp3) is 0.263. The minimum atomic E-state index is -0.933. The van der Waals surface area contributed by atoms with Crippen LogP contribution >= 0.6 is 11.3 Å². The van der Waals surface area contributed by atoms with Gasteiger partial charge in [0.2, 0.25) is 0 Å². The molecule has 0 atom stereocenters. The van der Waals surface area contributed by atoms with E-state index < -0.39 is 35.3 Å². The molecule has 2 rings (SSSR count). The first-order chi connectivity index (χ1) is 14.7. The third-order valence-electron chi connectivity index (χ3n) is 3.94. The van der Waals surface area contributed by atoms with Gasteiger partial charge in [-0.3, -0.25) is 19.7 Å². The SMILES string of the molecule is CCOC(=O)c1c(NC(=O)COC(=O)c2cccc([N+](=O)[O-])c2)sc(C(=O)NC)c1C. The lowest BCUT2D eigenvalue weighted by Gasteiger charge is -2.08. The summed E-state index contributed by atoms with van der Waals surface area (Å²) in [6, 6.07) is 4.86. The standard InChI is InChI=1S/C19H19N3O8S/c1-4-29-19(26)14-10(2)15(16(24)20-3)31-17(14)21-13(23)9-30-18(25)11-6-5-7-12(8-11)22(27)28/h5-8H,4,9H2,1-3H3,(H,20,24)(H,21,23). The number of amides is 2. The number of non-ortho nitro benzene ring substituents is 1. The molecule has 31 heavy (non-hydrogen) atoms. The highest BCUT2D eigenvalue weighted by molar-refractivity contribution is 7.18. The number of benzene rings is 1. The number of ether oxygens (including phenoxy) is 2. The molecule has 0 saturated heterocycles. The Labute approximate surface area is 180 Å². The van der Waals surface area contributed by atoms with Crippen LogP contribution in [0.1, 0.15) is 42.9 Å².